The van der Waals surface area contributed by atoms with E-state index in [1.807, 2.05) is 24.3 Å². The average molecular weight is 639 g/mol. The Bertz CT molecular complexity index is 1650. The second-order valence-electron chi connectivity index (χ2n) is 11.3. The first-order chi connectivity index (χ1) is 21.4. The fourth-order valence-electron chi connectivity index (χ4n) is 4.40. The summed E-state index contributed by atoms with van der Waals surface area (Å²) in [7, 11) is 1.49. The molecule has 0 atom stereocenters. The number of hydrogen-bond donors (Lipinski definition) is 2. The number of carboxylic acid groups (broad SMARTS) is 1. The van der Waals surface area contributed by atoms with Crippen molar-refractivity contribution in [2.75, 3.05) is 38.6 Å². The number of halogens is 2. The van der Waals surface area contributed by atoms with Gasteiger partial charge in [-0.05, 0) is 76.1 Å². The molecular weight excluding hydrogens is 603 g/mol. The molecule has 2 amide bonds. The highest BCUT2D eigenvalue weighted by Crippen LogP contribution is 2.30. The summed E-state index contributed by atoms with van der Waals surface area (Å²) in [4.78, 5) is 31.1. The van der Waals surface area contributed by atoms with Gasteiger partial charge in [0.15, 0.2) is 0 Å². The van der Waals surface area contributed by atoms with Gasteiger partial charge in [-0.3, -0.25) is 4.98 Å². The lowest BCUT2D eigenvalue weighted by molar-refractivity contribution is 0.0237. The first kappa shape index (κ1) is 33.2. The quantitative estimate of drug-likeness (QED) is 0.154. The van der Waals surface area contributed by atoms with Crippen LogP contribution in [0.25, 0.3) is 22.2 Å². The van der Waals surface area contributed by atoms with E-state index >= 15 is 0 Å². The van der Waals surface area contributed by atoms with Crippen LogP contribution in [0.2, 0.25) is 5.02 Å². The summed E-state index contributed by atoms with van der Waals surface area (Å²) in [5.74, 6) is 0.164. The van der Waals surface area contributed by atoms with E-state index in [0.29, 0.717) is 66.8 Å². The second-order valence-corrected chi connectivity index (χ2v) is 11.8. The number of nitrogens with zero attached hydrogens (tertiary/aromatic N) is 5. The molecule has 0 saturated carbocycles. The minimum Gasteiger partial charge on any atom is -0.493 e. The SMILES string of the molecule is CN(CCCN(CCCOc1ccc2c(Nc3cnnc(-c4cc(Cl)ccc4F)c3)ccnc2c1)C(=O)OC(C)(C)C)C(=O)O. The molecule has 0 radical (unpaired) electrons. The molecule has 238 valence electrons. The van der Waals surface area contributed by atoms with Crippen LogP contribution in [0.4, 0.5) is 25.4 Å². The Labute approximate surface area is 265 Å². The smallest absolute Gasteiger partial charge is 0.410 e. The standard InChI is InChI=1S/C32H36ClFN6O5/c1-32(2,3)45-31(43)40(14-5-13-39(4)30(41)42)15-6-16-44-23-8-9-24-27(11-12-35-28(24)19-23)37-22-18-29(38-36-20-22)25-17-21(33)7-10-26(25)34/h7-12,17-20H,5-6,13-16H2,1-4H3,(H,41,42)(H,35,37,38). The summed E-state index contributed by atoms with van der Waals surface area (Å²) >= 11 is 6.05. The molecule has 2 aromatic carbocycles. The molecule has 45 heavy (non-hydrogen) atoms. The minimum atomic E-state index is -1.02. The molecule has 0 unspecified atom stereocenters. The number of nitrogens with one attached hydrogen (secondary N) is 1. The molecule has 13 heteroatoms. The third-order valence-corrected chi connectivity index (χ3v) is 6.83. The van der Waals surface area contributed by atoms with Crippen molar-refractivity contribution in [3.8, 4) is 17.0 Å². The second kappa shape index (κ2) is 14.8. The number of pyridine rings is 1. The monoisotopic (exact) mass is 638 g/mol. The van der Waals surface area contributed by atoms with Crippen molar-refractivity contribution in [3.63, 3.8) is 0 Å². The Morgan fingerprint density at radius 3 is 2.58 bits per heavy atom. The van der Waals surface area contributed by atoms with Gasteiger partial charge in [-0.15, -0.1) is 0 Å². The van der Waals surface area contributed by atoms with Crippen LogP contribution in [-0.2, 0) is 4.74 Å². The zero-order valence-corrected chi connectivity index (χ0v) is 26.3. The highest BCUT2D eigenvalue weighted by atomic mass is 35.5. The summed E-state index contributed by atoms with van der Waals surface area (Å²) < 4.78 is 25.9. The molecule has 2 heterocycles. The van der Waals surface area contributed by atoms with E-state index in [9.17, 15) is 14.0 Å². The van der Waals surface area contributed by atoms with E-state index in [0.717, 1.165) is 11.1 Å². The van der Waals surface area contributed by atoms with Gasteiger partial charge in [0, 0.05) is 60.6 Å². The van der Waals surface area contributed by atoms with Gasteiger partial charge in [-0.1, -0.05) is 11.6 Å². The van der Waals surface area contributed by atoms with Gasteiger partial charge in [0.2, 0.25) is 0 Å². The maximum absolute atomic E-state index is 14.4. The predicted molar refractivity (Wildman–Crippen MR) is 171 cm³/mol. The number of hydrogen-bond acceptors (Lipinski definition) is 8. The Morgan fingerprint density at radius 1 is 1.04 bits per heavy atom. The third kappa shape index (κ3) is 9.64. The summed E-state index contributed by atoms with van der Waals surface area (Å²) in [5, 5.41) is 21.7. The molecule has 11 nitrogen and oxygen atoms in total. The van der Waals surface area contributed by atoms with E-state index in [1.54, 1.807) is 44.1 Å². The topological polar surface area (TPSA) is 130 Å². The molecule has 4 rings (SSSR count). The van der Waals surface area contributed by atoms with Crippen molar-refractivity contribution in [3.05, 3.63) is 71.8 Å². The highest BCUT2D eigenvalue weighted by Gasteiger charge is 2.22. The van der Waals surface area contributed by atoms with Crippen LogP contribution in [0, 0.1) is 5.82 Å². The van der Waals surface area contributed by atoms with Crippen LogP contribution in [0.1, 0.15) is 33.6 Å². The average Bonchev–Trinajstić information content (AvgIpc) is 2.98. The van der Waals surface area contributed by atoms with Crippen LogP contribution in [-0.4, -0.2) is 81.2 Å². The lowest BCUT2D eigenvalue weighted by Crippen LogP contribution is -2.39. The van der Waals surface area contributed by atoms with E-state index < -0.39 is 23.6 Å². The third-order valence-electron chi connectivity index (χ3n) is 6.59. The molecule has 0 saturated heterocycles. The van der Waals surface area contributed by atoms with Crippen LogP contribution in [0.15, 0.2) is 60.9 Å². The fourth-order valence-corrected chi connectivity index (χ4v) is 4.58. The van der Waals surface area contributed by atoms with Crippen molar-refractivity contribution in [2.45, 2.75) is 39.2 Å². The molecular formula is C32H36ClFN6O5. The Kier molecular flexibility index (Phi) is 10.9. The normalized spacial score (nSPS) is 11.2. The first-order valence-corrected chi connectivity index (χ1v) is 14.8. The predicted octanol–water partition coefficient (Wildman–Crippen LogP) is 7.23. The van der Waals surface area contributed by atoms with Gasteiger partial charge in [0.25, 0.3) is 0 Å². The number of benzene rings is 2. The number of amides is 2. The van der Waals surface area contributed by atoms with Gasteiger partial charge in [-0.2, -0.15) is 10.2 Å². The molecule has 0 fully saturated rings. The largest absolute Gasteiger partial charge is 0.493 e. The number of anilines is 2. The van der Waals surface area contributed by atoms with Crippen molar-refractivity contribution < 1.29 is 28.6 Å². The van der Waals surface area contributed by atoms with Gasteiger partial charge < -0.3 is 29.7 Å². The maximum atomic E-state index is 14.4. The number of ether oxygens (including phenoxy) is 2. The number of carbonyl (C=O) groups excluding carboxylic acids is 1. The van der Waals surface area contributed by atoms with Crippen LogP contribution in [0.5, 0.6) is 5.75 Å². The maximum Gasteiger partial charge on any atom is 0.410 e. The number of rotatable bonds is 12. The Hall–Kier alpha value is -4.71. The summed E-state index contributed by atoms with van der Waals surface area (Å²) in [6.07, 6.45) is 2.75. The Morgan fingerprint density at radius 2 is 1.82 bits per heavy atom. The van der Waals surface area contributed by atoms with E-state index in [1.165, 1.54) is 30.1 Å². The fraction of sp³-hybridized carbons (Fsp3) is 0.344. The summed E-state index contributed by atoms with van der Waals surface area (Å²) in [6.45, 7) is 6.76. The zero-order chi connectivity index (χ0) is 32.6. The number of fused-ring (bicyclic) bond motifs is 1. The van der Waals surface area contributed by atoms with Gasteiger partial charge in [0.1, 0.15) is 17.2 Å². The minimum absolute atomic E-state index is 0.250. The molecule has 0 aliphatic heterocycles. The molecule has 0 aliphatic rings. The summed E-state index contributed by atoms with van der Waals surface area (Å²) in [6, 6.07) is 13.3. The van der Waals surface area contributed by atoms with Crippen molar-refractivity contribution in [2.24, 2.45) is 0 Å². The molecule has 0 spiro atoms. The molecule has 2 N–H and O–H groups in total. The van der Waals surface area contributed by atoms with Crippen LogP contribution < -0.4 is 10.1 Å². The van der Waals surface area contributed by atoms with Crippen molar-refractivity contribution >= 4 is 46.1 Å². The molecule has 4 aromatic rings. The summed E-state index contributed by atoms with van der Waals surface area (Å²) in [5.41, 5.74) is 2.00. The van der Waals surface area contributed by atoms with Gasteiger partial charge >= 0.3 is 12.2 Å². The Balaban J connectivity index is 1.38. The van der Waals surface area contributed by atoms with E-state index in [-0.39, 0.29) is 5.56 Å². The molecule has 2 aromatic heterocycles. The van der Waals surface area contributed by atoms with Crippen molar-refractivity contribution in [1.82, 2.24) is 25.0 Å². The molecule has 0 bridgehead atoms. The van der Waals surface area contributed by atoms with Crippen molar-refractivity contribution in [1.29, 1.82) is 0 Å². The molecule has 0 aliphatic carbocycles. The lowest BCUT2D eigenvalue weighted by Gasteiger charge is -2.28. The van der Waals surface area contributed by atoms with E-state index in [4.69, 9.17) is 26.2 Å². The number of aromatic nitrogens is 3. The first-order valence-electron chi connectivity index (χ1n) is 14.4. The zero-order valence-electron chi connectivity index (χ0n) is 25.6. The van der Waals surface area contributed by atoms with Crippen LogP contribution >= 0.6 is 11.6 Å². The highest BCUT2D eigenvalue weighted by molar-refractivity contribution is 6.30. The lowest BCUT2D eigenvalue weighted by atomic mass is 10.1. The number of carbonyl (C=O) groups is 2. The van der Waals surface area contributed by atoms with Crippen LogP contribution in [0.3, 0.4) is 0 Å². The van der Waals surface area contributed by atoms with Gasteiger partial charge in [-0.25, -0.2) is 14.0 Å². The van der Waals surface area contributed by atoms with E-state index in [2.05, 4.69) is 20.5 Å². The van der Waals surface area contributed by atoms with Gasteiger partial charge in [0.05, 0.1) is 29.7 Å².